The number of rotatable bonds is 5. The number of anilines is 1. The van der Waals surface area contributed by atoms with Crippen molar-refractivity contribution < 1.29 is 13.9 Å². The molecule has 1 fully saturated rings. The largest absolute Gasteiger partial charge is 0.376 e. The van der Waals surface area contributed by atoms with Crippen molar-refractivity contribution in [2.45, 2.75) is 39.3 Å². The number of halogens is 1. The Labute approximate surface area is 160 Å². The number of nitrogens with zero attached hydrogens (tertiary/aromatic N) is 4. The van der Waals surface area contributed by atoms with E-state index in [2.05, 4.69) is 10.1 Å². The van der Waals surface area contributed by atoms with Crippen LogP contribution in [0.5, 0.6) is 0 Å². The smallest absolute Gasteiger partial charge is 0.250 e. The van der Waals surface area contributed by atoms with Crippen LogP contribution >= 0.6 is 11.3 Å². The number of aromatic nitrogens is 3. The highest BCUT2D eigenvalue weighted by atomic mass is 32.1. The molecular weight excluding hydrogens is 367 g/mol. The maximum absolute atomic E-state index is 14.1. The highest BCUT2D eigenvalue weighted by Gasteiger charge is 2.27. The molecule has 4 rings (SSSR count). The van der Waals surface area contributed by atoms with E-state index in [9.17, 15) is 9.18 Å². The fraction of sp³-hybridized carbons (Fsp3) is 0.421. The van der Waals surface area contributed by atoms with Crippen LogP contribution in [0.2, 0.25) is 0 Å². The lowest BCUT2D eigenvalue weighted by Crippen LogP contribution is -2.39. The maximum atomic E-state index is 14.1. The van der Waals surface area contributed by atoms with E-state index < -0.39 is 0 Å². The molecular formula is C19H21FN4O2S. The summed E-state index contributed by atoms with van der Waals surface area (Å²) in [5.74, 6) is -0.505. The Bertz CT molecular complexity index is 977. The Balaban J connectivity index is 1.65. The van der Waals surface area contributed by atoms with E-state index in [1.165, 1.54) is 17.4 Å². The van der Waals surface area contributed by atoms with Crippen molar-refractivity contribution in [3.05, 3.63) is 41.5 Å². The average Bonchev–Trinajstić information content (AvgIpc) is 3.34. The Hall–Kier alpha value is -2.32. The first-order valence-corrected chi connectivity index (χ1v) is 9.81. The zero-order valence-electron chi connectivity index (χ0n) is 15.3. The van der Waals surface area contributed by atoms with Gasteiger partial charge in [-0.1, -0.05) is 17.4 Å². The SMILES string of the molecule is Cc1cc(C)n(CC(=O)N(CC2CCCO2)c2nc3c(F)cccc3s2)n1. The number of thiazole rings is 1. The van der Waals surface area contributed by atoms with E-state index in [1.54, 1.807) is 15.6 Å². The summed E-state index contributed by atoms with van der Waals surface area (Å²) in [5.41, 5.74) is 2.09. The fourth-order valence-corrected chi connectivity index (χ4v) is 4.35. The summed E-state index contributed by atoms with van der Waals surface area (Å²) < 4.78 is 22.2. The van der Waals surface area contributed by atoms with Crippen LogP contribution in [0.15, 0.2) is 24.3 Å². The van der Waals surface area contributed by atoms with E-state index in [1.807, 2.05) is 26.0 Å². The molecule has 2 aromatic heterocycles. The van der Waals surface area contributed by atoms with Gasteiger partial charge in [-0.15, -0.1) is 0 Å². The van der Waals surface area contributed by atoms with E-state index in [4.69, 9.17) is 4.74 Å². The van der Waals surface area contributed by atoms with Crippen LogP contribution in [0, 0.1) is 19.7 Å². The van der Waals surface area contributed by atoms with Gasteiger partial charge in [0.05, 0.1) is 23.0 Å². The molecule has 1 amide bonds. The molecule has 0 bridgehead atoms. The van der Waals surface area contributed by atoms with Gasteiger partial charge >= 0.3 is 0 Å². The molecule has 6 nitrogen and oxygen atoms in total. The third-order valence-electron chi connectivity index (χ3n) is 4.69. The molecule has 0 radical (unpaired) electrons. The topological polar surface area (TPSA) is 60.2 Å². The van der Waals surface area contributed by atoms with Crippen LogP contribution < -0.4 is 4.90 Å². The van der Waals surface area contributed by atoms with Crippen molar-refractivity contribution in [2.75, 3.05) is 18.1 Å². The number of para-hydroxylation sites is 1. The summed E-state index contributed by atoms with van der Waals surface area (Å²) in [6.07, 6.45) is 1.87. The standard InChI is InChI=1S/C19H21FN4O2S/c1-12-9-13(2)24(22-12)11-17(25)23(10-14-5-4-8-26-14)19-21-18-15(20)6-3-7-16(18)27-19/h3,6-7,9,14H,4-5,8,10-11H2,1-2H3. The predicted octanol–water partition coefficient (Wildman–Crippen LogP) is 3.46. The molecule has 1 aliphatic rings. The van der Waals surface area contributed by atoms with Crippen molar-refractivity contribution in [1.82, 2.24) is 14.8 Å². The minimum absolute atomic E-state index is 0.0220. The number of hydrogen-bond donors (Lipinski definition) is 0. The second kappa shape index (κ2) is 7.36. The average molecular weight is 388 g/mol. The van der Waals surface area contributed by atoms with Crippen LogP contribution in [0.4, 0.5) is 9.52 Å². The van der Waals surface area contributed by atoms with E-state index in [0.717, 1.165) is 28.9 Å². The quantitative estimate of drug-likeness (QED) is 0.672. The summed E-state index contributed by atoms with van der Waals surface area (Å²) in [6.45, 7) is 5.06. The zero-order chi connectivity index (χ0) is 19.0. The second-order valence-corrected chi connectivity index (χ2v) is 7.82. The van der Waals surface area contributed by atoms with Crippen LogP contribution in [0.25, 0.3) is 10.2 Å². The van der Waals surface area contributed by atoms with Gasteiger partial charge in [0.1, 0.15) is 17.9 Å². The van der Waals surface area contributed by atoms with E-state index in [-0.39, 0.29) is 24.4 Å². The van der Waals surface area contributed by atoms with Crippen molar-refractivity contribution >= 4 is 32.6 Å². The number of aryl methyl sites for hydroxylation is 2. The minimum atomic E-state index is -0.377. The van der Waals surface area contributed by atoms with E-state index >= 15 is 0 Å². The highest BCUT2D eigenvalue weighted by Crippen LogP contribution is 2.31. The van der Waals surface area contributed by atoms with Gasteiger partial charge in [-0.05, 0) is 44.9 Å². The lowest BCUT2D eigenvalue weighted by atomic mass is 10.2. The Kier molecular flexibility index (Phi) is 4.92. The molecule has 3 heterocycles. The fourth-order valence-electron chi connectivity index (χ4n) is 3.35. The summed E-state index contributed by atoms with van der Waals surface area (Å²) in [5, 5.41) is 4.87. The van der Waals surface area contributed by atoms with Gasteiger partial charge in [-0.25, -0.2) is 9.37 Å². The molecule has 142 valence electrons. The summed E-state index contributed by atoms with van der Waals surface area (Å²) in [6, 6.07) is 6.79. The van der Waals surface area contributed by atoms with Gasteiger partial charge in [-0.2, -0.15) is 5.10 Å². The van der Waals surface area contributed by atoms with Crippen LogP contribution in [-0.2, 0) is 16.1 Å². The number of carbonyl (C=O) groups is 1. The lowest BCUT2D eigenvalue weighted by Gasteiger charge is -2.23. The zero-order valence-corrected chi connectivity index (χ0v) is 16.1. The molecule has 1 aliphatic heterocycles. The lowest BCUT2D eigenvalue weighted by molar-refractivity contribution is -0.119. The predicted molar refractivity (Wildman–Crippen MR) is 103 cm³/mol. The summed E-state index contributed by atoms with van der Waals surface area (Å²) in [7, 11) is 0. The number of ether oxygens (including phenoxy) is 1. The Morgan fingerprint density at radius 1 is 1.44 bits per heavy atom. The van der Waals surface area contributed by atoms with Gasteiger partial charge in [0, 0.05) is 12.3 Å². The summed E-state index contributed by atoms with van der Waals surface area (Å²) >= 11 is 1.32. The maximum Gasteiger partial charge on any atom is 0.250 e. The molecule has 0 saturated carbocycles. The molecule has 1 atom stereocenters. The number of fused-ring (bicyclic) bond motifs is 1. The number of carbonyl (C=O) groups excluding carboxylic acids is 1. The van der Waals surface area contributed by atoms with Gasteiger partial charge in [-0.3, -0.25) is 14.4 Å². The first-order chi connectivity index (χ1) is 13.0. The molecule has 1 unspecified atom stereocenters. The first-order valence-electron chi connectivity index (χ1n) is 8.99. The second-order valence-electron chi connectivity index (χ2n) is 6.81. The normalized spacial score (nSPS) is 16.9. The highest BCUT2D eigenvalue weighted by molar-refractivity contribution is 7.22. The summed E-state index contributed by atoms with van der Waals surface area (Å²) in [4.78, 5) is 19.1. The van der Waals surface area contributed by atoms with Crippen LogP contribution in [-0.4, -0.2) is 39.9 Å². The molecule has 3 aromatic rings. The molecule has 0 N–H and O–H groups in total. The number of benzene rings is 1. The van der Waals surface area contributed by atoms with Gasteiger partial charge in [0.15, 0.2) is 5.13 Å². The first kappa shape index (κ1) is 18.1. The Morgan fingerprint density at radius 3 is 2.96 bits per heavy atom. The van der Waals surface area contributed by atoms with Crippen molar-refractivity contribution in [1.29, 1.82) is 0 Å². The number of hydrogen-bond acceptors (Lipinski definition) is 5. The monoisotopic (exact) mass is 388 g/mol. The van der Waals surface area contributed by atoms with Crippen molar-refractivity contribution in [3.8, 4) is 0 Å². The molecule has 8 heteroatoms. The minimum Gasteiger partial charge on any atom is -0.376 e. The third kappa shape index (κ3) is 3.72. The van der Waals surface area contributed by atoms with Gasteiger partial charge < -0.3 is 4.74 Å². The molecule has 0 aliphatic carbocycles. The molecule has 1 saturated heterocycles. The van der Waals surface area contributed by atoms with Crippen molar-refractivity contribution in [2.24, 2.45) is 0 Å². The van der Waals surface area contributed by atoms with Crippen molar-refractivity contribution in [3.63, 3.8) is 0 Å². The number of amides is 1. The van der Waals surface area contributed by atoms with Crippen LogP contribution in [0.3, 0.4) is 0 Å². The molecule has 27 heavy (non-hydrogen) atoms. The molecule has 0 spiro atoms. The van der Waals surface area contributed by atoms with Gasteiger partial charge in [0.2, 0.25) is 0 Å². The van der Waals surface area contributed by atoms with E-state index in [0.29, 0.717) is 23.8 Å². The molecule has 1 aromatic carbocycles. The third-order valence-corrected chi connectivity index (χ3v) is 5.73. The Morgan fingerprint density at radius 2 is 2.30 bits per heavy atom. The van der Waals surface area contributed by atoms with Crippen LogP contribution in [0.1, 0.15) is 24.2 Å². The van der Waals surface area contributed by atoms with Gasteiger partial charge in [0.25, 0.3) is 5.91 Å².